The summed E-state index contributed by atoms with van der Waals surface area (Å²) in [6.45, 7) is 4.21. The normalized spacial score (nSPS) is 29.6. The summed E-state index contributed by atoms with van der Waals surface area (Å²) in [4.78, 5) is 11.7. The van der Waals surface area contributed by atoms with Gasteiger partial charge >= 0.3 is 5.97 Å². The highest BCUT2D eigenvalue weighted by Crippen LogP contribution is 2.46. The van der Waals surface area contributed by atoms with E-state index in [4.69, 9.17) is 4.74 Å². The SMILES string of the molecule is CCOC(=O)C1CNCC12CCCC2. The van der Waals surface area contributed by atoms with Gasteiger partial charge in [0.05, 0.1) is 12.5 Å². The molecule has 1 aliphatic heterocycles. The van der Waals surface area contributed by atoms with E-state index in [1.807, 2.05) is 6.92 Å². The molecule has 1 aliphatic carbocycles. The van der Waals surface area contributed by atoms with Crippen LogP contribution >= 0.6 is 0 Å². The van der Waals surface area contributed by atoms with Crippen molar-refractivity contribution < 1.29 is 9.53 Å². The number of nitrogens with one attached hydrogen (secondary N) is 1. The van der Waals surface area contributed by atoms with Crippen molar-refractivity contribution in [2.75, 3.05) is 19.7 Å². The zero-order valence-electron chi connectivity index (χ0n) is 8.84. The highest BCUT2D eigenvalue weighted by Gasteiger charge is 2.48. The number of hydrogen-bond donors (Lipinski definition) is 1. The summed E-state index contributed by atoms with van der Waals surface area (Å²) in [6.07, 6.45) is 4.95. The summed E-state index contributed by atoms with van der Waals surface area (Å²) in [5, 5.41) is 3.34. The molecule has 3 nitrogen and oxygen atoms in total. The molecule has 2 fully saturated rings. The Bertz CT molecular complexity index is 216. The highest BCUT2D eigenvalue weighted by molar-refractivity contribution is 5.74. The molecule has 0 aromatic rings. The molecule has 14 heavy (non-hydrogen) atoms. The first-order valence-corrected chi connectivity index (χ1v) is 5.66. The van der Waals surface area contributed by atoms with E-state index in [1.165, 1.54) is 25.7 Å². The molecule has 1 N–H and O–H groups in total. The fourth-order valence-electron chi connectivity index (χ4n) is 2.99. The van der Waals surface area contributed by atoms with Crippen molar-refractivity contribution in [1.29, 1.82) is 0 Å². The van der Waals surface area contributed by atoms with Crippen molar-refractivity contribution >= 4 is 5.97 Å². The number of carbonyl (C=O) groups is 1. The van der Waals surface area contributed by atoms with Crippen molar-refractivity contribution in [3.63, 3.8) is 0 Å². The molecule has 1 heterocycles. The zero-order valence-corrected chi connectivity index (χ0v) is 8.84. The Morgan fingerprint density at radius 1 is 1.50 bits per heavy atom. The van der Waals surface area contributed by atoms with E-state index in [2.05, 4.69) is 5.32 Å². The predicted molar refractivity (Wildman–Crippen MR) is 53.9 cm³/mol. The molecule has 0 aromatic heterocycles. The molecule has 80 valence electrons. The van der Waals surface area contributed by atoms with Gasteiger partial charge in [-0.3, -0.25) is 4.79 Å². The van der Waals surface area contributed by atoms with Crippen LogP contribution in [-0.2, 0) is 9.53 Å². The van der Waals surface area contributed by atoms with Crippen LogP contribution in [0, 0.1) is 11.3 Å². The number of ether oxygens (including phenoxy) is 1. The third kappa shape index (κ3) is 1.54. The average molecular weight is 197 g/mol. The molecule has 0 bridgehead atoms. The Balaban J connectivity index is 2.06. The van der Waals surface area contributed by atoms with Gasteiger partial charge in [0, 0.05) is 13.1 Å². The number of hydrogen-bond acceptors (Lipinski definition) is 3. The van der Waals surface area contributed by atoms with Crippen LogP contribution in [0.5, 0.6) is 0 Å². The van der Waals surface area contributed by atoms with Crippen LogP contribution in [-0.4, -0.2) is 25.7 Å². The van der Waals surface area contributed by atoms with Crippen molar-refractivity contribution in [3.8, 4) is 0 Å². The molecule has 0 aromatic carbocycles. The maximum absolute atomic E-state index is 11.7. The van der Waals surface area contributed by atoms with Crippen molar-refractivity contribution in [1.82, 2.24) is 5.32 Å². The minimum Gasteiger partial charge on any atom is -0.466 e. The maximum atomic E-state index is 11.7. The van der Waals surface area contributed by atoms with Gasteiger partial charge in [0.25, 0.3) is 0 Å². The van der Waals surface area contributed by atoms with E-state index in [0.29, 0.717) is 6.61 Å². The molecule has 0 amide bonds. The lowest BCUT2D eigenvalue weighted by Crippen LogP contribution is -2.33. The second kappa shape index (κ2) is 3.89. The standard InChI is InChI=1S/C11H19NO2/c1-2-14-10(13)9-7-12-8-11(9)5-3-4-6-11/h9,12H,2-8H2,1H3. The van der Waals surface area contributed by atoms with E-state index in [-0.39, 0.29) is 17.3 Å². The molecule has 2 aliphatic rings. The monoisotopic (exact) mass is 197 g/mol. The van der Waals surface area contributed by atoms with E-state index < -0.39 is 0 Å². The molecular weight excluding hydrogens is 178 g/mol. The van der Waals surface area contributed by atoms with E-state index in [0.717, 1.165) is 13.1 Å². The quantitative estimate of drug-likeness (QED) is 0.679. The third-order valence-electron chi connectivity index (χ3n) is 3.74. The van der Waals surface area contributed by atoms with Crippen LogP contribution in [0.25, 0.3) is 0 Å². The second-order valence-corrected chi connectivity index (χ2v) is 4.51. The van der Waals surface area contributed by atoms with E-state index >= 15 is 0 Å². The number of esters is 1. The van der Waals surface area contributed by atoms with Gasteiger partial charge in [0.2, 0.25) is 0 Å². The largest absolute Gasteiger partial charge is 0.466 e. The van der Waals surface area contributed by atoms with Gasteiger partial charge in [-0.15, -0.1) is 0 Å². The smallest absolute Gasteiger partial charge is 0.310 e. The first-order chi connectivity index (χ1) is 6.78. The summed E-state index contributed by atoms with van der Waals surface area (Å²) < 4.78 is 5.13. The predicted octanol–water partition coefficient (Wildman–Crippen LogP) is 1.33. The first kappa shape index (κ1) is 9.97. The van der Waals surface area contributed by atoms with Gasteiger partial charge in [0.1, 0.15) is 0 Å². The van der Waals surface area contributed by atoms with Crippen LogP contribution in [0.4, 0.5) is 0 Å². The molecule has 0 radical (unpaired) electrons. The maximum Gasteiger partial charge on any atom is 0.310 e. The fraction of sp³-hybridized carbons (Fsp3) is 0.909. The topological polar surface area (TPSA) is 38.3 Å². The number of carbonyl (C=O) groups excluding carboxylic acids is 1. The van der Waals surface area contributed by atoms with Crippen LogP contribution in [0.2, 0.25) is 0 Å². The van der Waals surface area contributed by atoms with E-state index in [1.54, 1.807) is 0 Å². The number of rotatable bonds is 2. The van der Waals surface area contributed by atoms with E-state index in [9.17, 15) is 4.79 Å². The van der Waals surface area contributed by atoms with Crippen molar-refractivity contribution in [2.45, 2.75) is 32.6 Å². The molecule has 1 unspecified atom stereocenters. The molecular formula is C11H19NO2. The second-order valence-electron chi connectivity index (χ2n) is 4.51. The van der Waals surface area contributed by atoms with Crippen LogP contribution < -0.4 is 5.32 Å². The van der Waals surface area contributed by atoms with Gasteiger partial charge < -0.3 is 10.1 Å². The lowest BCUT2D eigenvalue weighted by atomic mass is 9.76. The zero-order chi connectivity index (χ0) is 10.0. The summed E-state index contributed by atoms with van der Waals surface area (Å²) in [5.41, 5.74) is 0.242. The van der Waals surface area contributed by atoms with Crippen molar-refractivity contribution in [3.05, 3.63) is 0 Å². The van der Waals surface area contributed by atoms with Crippen LogP contribution in [0.1, 0.15) is 32.6 Å². The summed E-state index contributed by atoms with van der Waals surface area (Å²) in [6, 6.07) is 0. The van der Waals surface area contributed by atoms with Gasteiger partial charge in [-0.1, -0.05) is 12.8 Å². The Kier molecular flexibility index (Phi) is 2.77. The molecule has 1 atom stereocenters. The lowest BCUT2D eigenvalue weighted by molar-refractivity contribution is -0.150. The summed E-state index contributed by atoms with van der Waals surface area (Å²) >= 11 is 0. The highest BCUT2D eigenvalue weighted by atomic mass is 16.5. The van der Waals surface area contributed by atoms with Crippen LogP contribution in [0.15, 0.2) is 0 Å². The first-order valence-electron chi connectivity index (χ1n) is 5.66. The molecule has 1 saturated carbocycles. The minimum atomic E-state index is 0.0133. The molecule has 1 spiro atoms. The Hall–Kier alpha value is -0.570. The Morgan fingerprint density at radius 3 is 2.86 bits per heavy atom. The minimum absolute atomic E-state index is 0.0133. The lowest BCUT2D eigenvalue weighted by Gasteiger charge is -2.28. The van der Waals surface area contributed by atoms with Crippen LogP contribution in [0.3, 0.4) is 0 Å². The summed E-state index contributed by atoms with van der Waals surface area (Å²) in [5.74, 6) is 0.129. The van der Waals surface area contributed by atoms with Gasteiger partial charge in [-0.25, -0.2) is 0 Å². The summed E-state index contributed by atoms with van der Waals surface area (Å²) in [7, 11) is 0. The third-order valence-corrected chi connectivity index (χ3v) is 3.74. The molecule has 3 heteroatoms. The fourth-order valence-corrected chi connectivity index (χ4v) is 2.99. The molecule has 2 rings (SSSR count). The van der Waals surface area contributed by atoms with Gasteiger partial charge in [-0.05, 0) is 25.2 Å². The average Bonchev–Trinajstić information content (AvgIpc) is 2.78. The Morgan fingerprint density at radius 2 is 2.21 bits per heavy atom. The van der Waals surface area contributed by atoms with Gasteiger partial charge in [-0.2, -0.15) is 0 Å². The molecule has 1 saturated heterocycles. The Labute approximate surface area is 85.2 Å². The van der Waals surface area contributed by atoms with Gasteiger partial charge in [0.15, 0.2) is 0 Å². The van der Waals surface area contributed by atoms with Crippen molar-refractivity contribution in [2.24, 2.45) is 11.3 Å².